The maximum atomic E-state index is 6.15. The third kappa shape index (κ3) is 3.11. The number of hydrogen-bond donors (Lipinski definition) is 1. The molecule has 2 unspecified atom stereocenters. The number of ether oxygens (including phenoxy) is 1. The van der Waals surface area contributed by atoms with Crippen molar-refractivity contribution in [1.29, 1.82) is 0 Å². The lowest BCUT2D eigenvalue weighted by atomic mass is 9.88. The minimum atomic E-state index is 0.109. The lowest BCUT2D eigenvalue weighted by Crippen LogP contribution is -2.23. The summed E-state index contributed by atoms with van der Waals surface area (Å²) >= 11 is 11.2. The summed E-state index contributed by atoms with van der Waals surface area (Å²) in [6, 6.07) is 3.88. The molecule has 2 nitrogen and oxygen atoms in total. The van der Waals surface area contributed by atoms with Crippen LogP contribution in [0.15, 0.2) is 12.1 Å². The maximum absolute atomic E-state index is 6.15. The molecule has 0 fully saturated rings. The molecular weight excluding hydrogens is 254 g/mol. The Labute approximate surface area is 113 Å². The van der Waals surface area contributed by atoms with Crippen LogP contribution in [0.4, 0.5) is 0 Å². The van der Waals surface area contributed by atoms with Gasteiger partial charge in [0.2, 0.25) is 0 Å². The maximum Gasteiger partial charge on any atom is 0.122 e. The molecule has 0 saturated heterocycles. The molecule has 0 aliphatic heterocycles. The van der Waals surface area contributed by atoms with E-state index in [9.17, 15) is 0 Å². The van der Waals surface area contributed by atoms with Crippen molar-refractivity contribution in [2.75, 3.05) is 7.11 Å². The topological polar surface area (TPSA) is 35.2 Å². The van der Waals surface area contributed by atoms with Gasteiger partial charge in [-0.1, -0.05) is 37.7 Å². The largest absolute Gasteiger partial charge is 0.496 e. The van der Waals surface area contributed by atoms with Crippen molar-refractivity contribution in [3.8, 4) is 5.75 Å². The first-order valence-electron chi connectivity index (χ1n) is 5.51. The van der Waals surface area contributed by atoms with E-state index in [1.54, 1.807) is 7.11 Å². The van der Waals surface area contributed by atoms with Gasteiger partial charge < -0.3 is 10.5 Å². The van der Waals surface area contributed by atoms with Crippen LogP contribution < -0.4 is 10.5 Å². The highest BCUT2D eigenvalue weighted by Crippen LogP contribution is 2.35. The van der Waals surface area contributed by atoms with Crippen LogP contribution in [0.2, 0.25) is 5.02 Å². The van der Waals surface area contributed by atoms with Gasteiger partial charge in [0.15, 0.2) is 0 Å². The molecule has 0 amide bonds. The van der Waals surface area contributed by atoms with Gasteiger partial charge >= 0.3 is 0 Å². The van der Waals surface area contributed by atoms with Crippen LogP contribution in [-0.4, -0.2) is 12.1 Å². The van der Waals surface area contributed by atoms with Crippen LogP contribution in [0.5, 0.6) is 5.75 Å². The van der Waals surface area contributed by atoms with Crippen LogP contribution in [0, 0.1) is 12.8 Å². The fourth-order valence-corrected chi connectivity index (χ4v) is 2.09. The van der Waals surface area contributed by atoms with Crippen molar-refractivity contribution >= 4 is 28.8 Å². The van der Waals surface area contributed by atoms with E-state index >= 15 is 0 Å². The second kappa shape index (κ2) is 5.69. The Bertz CT molecular complexity index is 434. The fourth-order valence-electron chi connectivity index (χ4n) is 1.72. The highest BCUT2D eigenvalue weighted by molar-refractivity contribution is 7.80. The number of methoxy groups -OCH3 is 1. The van der Waals surface area contributed by atoms with Crippen LogP contribution in [-0.2, 0) is 0 Å². The number of benzene rings is 1. The highest BCUT2D eigenvalue weighted by Gasteiger charge is 2.21. The van der Waals surface area contributed by atoms with Crippen LogP contribution >= 0.6 is 23.8 Å². The van der Waals surface area contributed by atoms with Crippen molar-refractivity contribution < 1.29 is 4.74 Å². The quantitative estimate of drug-likeness (QED) is 0.849. The van der Waals surface area contributed by atoms with Gasteiger partial charge in [0, 0.05) is 10.9 Å². The number of halogens is 1. The molecule has 2 atom stereocenters. The van der Waals surface area contributed by atoms with E-state index < -0.39 is 0 Å². The summed E-state index contributed by atoms with van der Waals surface area (Å²) in [6.07, 6.45) is 0. The Hall–Kier alpha value is -0.800. The second-order valence-electron chi connectivity index (χ2n) is 4.32. The first-order valence-corrected chi connectivity index (χ1v) is 6.30. The molecule has 1 aromatic rings. The molecule has 17 heavy (non-hydrogen) atoms. The zero-order valence-corrected chi connectivity index (χ0v) is 12.2. The first kappa shape index (κ1) is 14.3. The Kier molecular flexibility index (Phi) is 4.78. The zero-order valence-electron chi connectivity index (χ0n) is 10.6. The molecule has 0 radical (unpaired) electrons. The number of rotatable bonds is 4. The Morgan fingerprint density at radius 1 is 1.41 bits per heavy atom. The number of nitrogens with two attached hydrogens (primary N) is 1. The highest BCUT2D eigenvalue weighted by atomic mass is 35.5. The summed E-state index contributed by atoms with van der Waals surface area (Å²) < 4.78 is 5.39. The first-order chi connectivity index (χ1) is 7.88. The molecule has 94 valence electrons. The van der Waals surface area contributed by atoms with Gasteiger partial charge in [0.05, 0.1) is 12.1 Å². The summed E-state index contributed by atoms with van der Waals surface area (Å²) in [5.41, 5.74) is 7.74. The van der Waals surface area contributed by atoms with Crippen LogP contribution in [0.25, 0.3) is 0 Å². The third-order valence-electron chi connectivity index (χ3n) is 3.20. The third-order valence-corrected chi connectivity index (χ3v) is 3.98. The van der Waals surface area contributed by atoms with Crippen LogP contribution in [0.3, 0.4) is 0 Å². The van der Waals surface area contributed by atoms with E-state index in [1.165, 1.54) is 0 Å². The van der Waals surface area contributed by atoms with Gasteiger partial charge in [-0.15, -0.1) is 0 Å². The summed E-state index contributed by atoms with van der Waals surface area (Å²) in [5.74, 6) is 1.13. The molecule has 0 bridgehead atoms. The van der Waals surface area contributed by atoms with E-state index in [-0.39, 0.29) is 11.8 Å². The molecule has 0 aliphatic rings. The molecule has 0 spiro atoms. The molecule has 0 saturated carbocycles. The van der Waals surface area contributed by atoms with Gasteiger partial charge in [0.25, 0.3) is 0 Å². The predicted molar refractivity (Wildman–Crippen MR) is 77.1 cm³/mol. The smallest absolute Gasteiger partial charge is 0.122 e. The molecule has 1 aromatic carbocycles. The lowest BCUT2D eigenvalue weighted by Gasteiger charge is -2.22. The monoisotopic (exact) mass is 271 g/mol. The average molecular weight is 272 g/mol. The molecule has 0 heterocycles. The summed E-state index contributed by atoms with van der Waals surface area (Å²) in [5, 5.41) is 0.739. The minimum absolute atomic E-state index is 0.109. The second-order valence-corrected chi connectivity index (χ2v) is 5.20. The molecule has 0 aliphatic carbocycles. The van der Waals surface area contributed by atoms with Crippen molar-refractivity contribution in [3.05, 3.63) is 28.3 Å². The summed E-state index contributed by atoms with van der Waals surface area (Å²) in [6.45, 7) is 6.05. The summed E-state index contributed by atoms with van der Waals surface area (Å²) in [4.78, 5) is 0.510. The Morgan fingerprint density at radius 3 is 2.47 bits per heavy atom. The van der Waals surface area contributed by atoms with Crippen LogP contribution in [0.1, 0.15) is 30.9 Å². The van der Waals surface area contributed by atoms with Gasteiger partial charge in [-0.2, -0.15) is 0 Å². The van der Waals surface area contributed by atoms with E-state index in [1.807, 2.05) is 26.0 Å². The van der Waals surface area contributed by atoms with E-state index in [0.29, 0.717) is 4.99 Å². The van der Waals surface area contributed by atoms with Crippen molar-refractivity contribution in [2.24, 2.45) is 11.7 Å². The zero-order chi connectivity index (χ0) is 13.2. The van der Waals surface area contributed by atoms with Crippen molar-refractivity contribution in [1.82, 2.24) is 0 Å². The van der Waals surface area contributed by atoms with Gasteiger partial charge in [-0.05, 0) is 36.1 Å². The molecule has 0 aromatic heterocycles. The van der Waals surface area contributed by atoms with E-state index in [4.69, 9.17) is 34.3 Å². The number of thiocarbonyl (C=S) groups is 1. The number of aryl methyl sites for hydroxylation is 1. The molecular formula is C13H18ClNOS. The SMILES string of the molecule is COc1cc(C)c(Cl)cc1C(C)C(C)C(N)=S. The van der Waals surface area contributed by atoms with E-state index in [0.717, 1.165) is 21.9 Å². The standard InChI is InChI=1S/C13H18ClNOS/c1-7-5-12(16-4)10(6-11(7)14)8(2)9(3)13(15)17/h5-6,8-9H,1-4H3,(H2,15,17). The molecule has 1 rings (SSSR count). The van der Waals surface area contributed by atoms with Crippen molar-refractivity contribution in [3.63, 3.8) is 0 Å². The number of hydrogen-bond acceptors (Lipinski definition) is 2. The minimum Gasteiger partial charge on any atom is -0.496 e. The van der Waals surface area contributed by atoms with Gasteiger partial charge in [-0.3, -0.25) is 0 Å². The normalized spacial score (nSPS) is 14.2. The summed E-state index contributed by atoms with van der Waals surface area (Å²) in [7, 11) is 1.66. The Morgan fingerprint density at radius 2 is 2.00 bits per heavy atom. The Balaban J connectivity index is 3.20. The fraction of sp³-hybridized carbons (Fsp3) is 0.462. The molecule has 4 heteroatoms. The van der Waals surface area contributed by atoms with Gasteiger partial charge in [-0.25, -0.2) is 0 Å². The predicted octanol–water partition coefficient (Wildman–Crippen LogP) is 3.68. The van der Waals surface area contributed by atoms with E-state index in [2.05, 4.69) is 6.92 Å². The van der Waals surface area contributed by atoms with Crippen molar-refractivity contribution in [2.45, 2.75) is 26.7 Å². The lowest BCUT2D eigenvalue weighted by molar-refractivity contribution is 0.403. The average Bonchev–Trinajstić information content (AvgIpc) is 2.29. The molecule has 2 N–H and O–H groups in total. The van der Waals surface area contributed by atoms with Gasteiger partial charge in [0.1, 0.15) is 5.75 Å².